The first-order valence-electron chi connectivity index (χ1n) is 6.86. The maximum absolute atomic E-state index is 13.0. The van der Waals surface area contributed by atoms with E-state index in [1.807, 2.05) is 22.6 Å². The van der Waals surface area contributed by atoms with Gasteiger partial charge in [0.05, 0.1) is 11.1 Å². The molecule has 0 saturated carbocycles. The van der Waals surface area contributed by atoms with Gasteiger partial charge in [-0.25, -0.2) is 0 Å². The molecular formula is C15H10BF3INO3. The Labute approximate surface area is 149 Å². The molecule has 3 rings (SSSR count). The minimum absolute atomic E-state index is 0.281. The van der Waals surface area contributed by atoms with Gasteiger partial charge in [-0.1, -0.05) is 18.2 Å². The average molecular weight is 447 g/mol. The van der Waals surface area contributed by atoms with Crippen molar-refractivity contribution in [3.8, 4) is 0 Å². The molecule has 2 N–H and O–H groups in total. The fourth-order valence-electron chi connectivity index (χ4n) is 2.46. The highest BCUT2D eigenvalue weighted by Crippen LogP contribution is 2.33. The minimum atomic E-state index is -4.62. The summed E-state index contributed by atoms with van der Waals surface area (Å²) in [6, 6.07) is 9.27. The number of carbonyl (C=O) groups is 1. The summed E-state index contributed by atoms with van der Waals surface area (Å²) in [6.45, 7) is 0. The van der Waals surface area contributed by atoms with Crippen LogP contribution in [0.5, 0.6) is 0 Å². The summed E-state index contributed by atoms with van der Waals surface area (Å²) < 4.78 is 43.9. The second kappa shape index (κ2) is 6.38. The topological polar surface area (TPSA) is 58.6 Å². The number of alkyl halides is 4. The second-order valence-electron chi connectivity index (χ2n) is 5.15. The molecule has 2 aromatic rings. The van der Waals surface area contributed by atoms with Gasteiger partial charge in [-0.05, 0) is 57.9 Å². The number of halogens is 4. The molecule has 124 valence electrons. The molecule has 1 atom stereocenters. The van der Waals surface area contributed by atoms with E-state index in [1.165, 1.54) is 18.2 Å². The molecule has 0 aliphatic carbocycles. The third-order valence-electron chi connectivity index (χ3n) is 3.58. The Hall–Kier alpha value is -1.59. The lowest BCUT2D eigenvalue weighted by molar-refractivity contribution is -0.137. The van der Waals surface area contributed by atoms with Crippen LogP contribution in [0.3, 0.4) is 0 Å². The molecule has 0 spiro atoms. The lowest BCUT2D eigenvalue weighted by atomic mass is 9.79. The van der Waals surface area contributed by atoms with Gasteiger partial charge in [-0.2, -0.15) is 13.2 Å². The molecule has 1 unspecified atom stereocenters. The van der Waals surface area contributed by atoms with Crippen molar-refractivity contribution in [3.05, 3.63) is 59.2 Å². The van der Waals surface area contributed by atoms with Crippen LogP contribution in [0.15, 0.2) is 42.5 Å². The fraction of sp³-hybridized carbons (Fsp3) is 0.133. The Kier molecular flexibility index (Phi) is 4.58. The molecule has 24 heavy (non-hydrogen) atoms. The lowest BCUT2D eigenvalue weighted by Gasteiger charge is -2.13. The van der Waals surface area contributed by atoms with Crippen LogP contribution < -0.4 is 10.8 Å². The van der Waals surface area contributed by atoms with Crippen LogP contribution in [-0.4, -0.2) is 18.0 Å². The van der Waals surface area contributed by atoms with Crippen LogP contribution in [0.4, 0.5) is 18.9 Å². The number of rotatable bonds is 2. The number of fused-ring (bicyclic) bond motifs is 1. The number of nitrogens with one attached hydrogen (secondary N) is 1. The van der Waals surface area contributed by atoms with Crippen LogP contribution in [-0.2, 0) is 10.8 Å². The fourth-order valence-corrected chi connectivity index (χ4v) is 3.30. The largest absolute Gasteiger partial charge is 0.492 e. The number of hydrogen-bond donors (Lipinski definition) is 2. The summed E-state index contributed by atoms with van der Waals surface area (Å²) in [5.41, 5.74) is 0.0606. The van der Waals surface area contributed by atoms with Crippen molar-refractivity contribution in [3.63, 3.8) is 0 Å². The van der Waals surface area contributed by atoms with E-state index in [1.54, 1.807) is 12.1 Å². The van der Waals surface area contributed by atoms with Crippen molar-refractivity contribution in [2.45, 2.75) is 10.3 Å². The first-order chi connectivity index (χ1) is 11.3. The van der Waals surface area contributed by atoms with Gasteiger partial charge in [0.25, 0.3) is 5.91 Å². The van der Waals surface area contributed by atoms with Crippen LogP contribution in [0.25, 0.3) is 0 Å². The monoisotopic (exact) mass is 447 g/mol. The maximum Gasteiger partial charge on any atom is 0.492 e. The van der Waals surface area contributed by atoms with Crippen LogP contribution in [0, 0.1) is 0 Å². The zero-order valence-corrected chi connectivity index (χ0v) is 14.1. The second-order valence-corrected chi connectivity index (χ2v) is 6.28. The number of benzene rings is 2. The summed E-state index contributed by atoms with van der Waals surface area (Å²) in [5, 5.41) is 12.2. The summed E-state index contributed by atoms with van der Waals surface area (Å²) in [6.07, 6.45) is -4.62. The smallest absolute Gasteiger partial charge is 0.423 e. The van der Waals surface area contributed by atoms with Gasteiger partial charge >= 0.3 is 13.3 Å². The Bertz CT molecular complexity index is 800. The third-order valence-corrected chi connectivity index (χ3v) is 4.55. The van der Waals surface area contributed by atoms with Crippen molar-refractivity contribution in [2.24, 2.45) is 0 Å². The quantitative estimate of drug-likeness (QED) is 0.423. The molecule has 1 aliphatic heterocycles. The first-order valence-corrected chi connectivity index (χ1v) is 8.11. The van der Waals surface area contributed by atoms with Crippen LogP contribution in [0.2, 0.25) is 0 Å². The zero-order chi connectivity index (χ0) is 17.5. The van der Waals surface area contributed by atoms with E-state index in [9.17, 15) is 23.0 Å². The molecule has 0 radical (unpaired) electrons. The van der Waals surface area contributed by atoms with Gasteiger partial charge in [-0.15, -0.1) is 0 Å². The van der Waals surface area contributed by atoms with E-state index in [0.29, 0.717) is 5.46 Å². The molecule has 1 amide bonds. The van der Waals surface area contributed by atoms with Crippen LogP contribution >= 0.6 is 22.6 Å². The highest BCUT2D eigenvalue weighted by Gasteiger charge is 2.36. The number of hydrogen-bond acceptors (Lipinski definition) is 3. The van der Waals surface area contributed by atoms with Gasteiger partial charge in [-0.3, -0.25) is 4.79 Å². The lowest BCUT2D eigenvalue weighted by Crippen LogP contribution is -2.28. The molecule has 1 heterocycles. The van der Waals surface area contributed by atoms with Crippen molar-refractivity contribution >= 4 is 46.8 Å². The summed E-state index contributed by atoms with van der Waals surface area (Å²) >= 11 is 2.00. The molecule has 0 fully saturated rings. The molecule has 4 nitrogen and oxygen atoms in total. The predicted octanol–water partition coefficient (Wildman–Crippen LogP) is 3.11. The SMILES string of the molecule is O=C(Nc1ccc2c(c1)B(O)OC2I)c1ccccc1C(F)(F)F. The van der Waals surface area contributed by atoms with Crippen molar-refractivity contribution in [2.75, 3.05) is 5.32 Å². The number of anilines is 1. The average Bonchev–Trinajstić information content (AvgIpc) is 2.81. The van der Waals surface area contributed by atoms with E-state index in [0.717, 1.165) is 17.7 Å². The minimum Gasteiger partial charge on any atom is -0.423 e. The molecular weight excluding hydrogens is 437 g/mol. The normalized spacial score (nSPS) is 16.9. The maximum atomic E-state index is 13.0. The molecule has 0 saturated heterocycles. The standard InChI is InChI=1S/C15H10BF3INO3/c17-15(18,19)11-4-2-1-3-9(11)14(22)21-8-5-6-10-12(7-8)16(23)24-13(10)20/h1-7,13,23H,(H,21,22). The Morgan fingerprint density at radius 2 is 1.96 bits per heavy atom. The summed E-state index contributed by atoms with van der Waals surface area (Å²) in [4.78, 5) is 12.2. The number of amides is 1. The van der Waals surface area contributed by atoms with Gasteiger partial charge in [0, 0.05) is 5.69 Å². The van der Waals surface area contributed by atoms with Crippen molar-refractivity contribution < 1.29 is 27.6 Å². The summed E-state index contributed by atoms with van der Waals surface area (Å²) in [7, 11) is -1.12. The Balaban J connectivity index is 1.88. The van der Waals surface area contributed by atoms with Gasteiger partial charge in [0.2, 0.25) is 0 Å². The van der Waals surface area contributed by atoms with E-state index < -0.39 is 30.3 Å². The number of carbonyl (C=O) groups excluding carboxylic acids is 1. The van der Waals surface area contributed by atoms with Crippen molar-refractivity contribution in [1.29, 1.82) is 0 Å². The van der Waals surface area contributed by atoms with E-state index in [-0.39, 0.29) is 9.80 Å². The van der Waals surface area contributed by atoms with Crippen LogP contribution in [0.1, 0.15) is 25.6 Å². The predicted molar refractivity (Wildman–Crippen MR) is 91.3 cm³/mol. The summed E-state index contributed by atoms with van der Waals surface area (Å²) in [5.74, 6) is -0.873. The molecule has 0 aromatic heterocycles. The molecule has 9 heteroatoms. The molecule has 1 aliphatic rings. The van der Waals surface area contributed by atoms with Gasteiger partial charge in [0.15, 0.2) is 0 Å². The third kappa shape index (κ3) is 3.28. The molecule has 2 aromatic carbocycles. The van der Waals surface area contributed by atoms with Gasteiger partial charge < -0.3 is 15.0 Å². The van der Waals surface area contributed by atoms with Gasteiger partial charge in [0.1, 0.15) is 4.11 Å². The van der Waals surface area contributed by atoms with Crippen molar-refractivity contribution in [1.82, 2.24) is 0 Å². The molecule has 0 bridgehead atoms. The highest BCUT2D eigenvalue weighted by molar-refractivity contribution is 14.1. The van der Waals surface area contributed by atoms with E-state index in [4.69, 9.17) is 4.65 Å². The zero-order valence-electron chi connectivity index (χ0n) is 12.0. The van der Waals surface area contributed by atoms with E-state index in [2.05, 4.69) is 5.32 Å². The van der Waals surface area contributed by atoms with E-state index >= 15 is 0 Å². The first kappa shape index (κ1) is 17.2. The highest BCUT2D eigenvalue weighted by atomic mass is 127. The Morgan fingerprint density at radius 1 is 1.25 bits per heavy atom. The Morgan fingerprint density at radius 3 is 2.67 bits per heavy atom.